The molecule has 0 saturated carbocycles. The minimum atomic E-state index is -0.456. The fraction of sp³-hybridized carbons (Fsp3) is 0.889. The second-order valence-electron chi connectivity index (χ2n) is 3.52. The third-order valence-electron chi connectivity index (χ3n) is 1.90. The van der Waals surface area contributed by atoms with E-state index in [0.717, 1.165) is 12.8 Å². The van der Waals surface area contributed by atoms with Crippen molar-refractivity contribution in [1.82, 2.24) is 0 Å². The molecule has 1 saturated heterocycles. The molecule has 1 aliphatic rings. The quantitative estimate of drug-likeness (QED) is 0.602. The topological polar surface area (TPSA) is 44.8 Å². The Morgan fingerprint density at radius 3 is 2.92 bits per heavy atom. The Morgan fingerprint density at radius 1 is 1.62 bits per heavy atom. The van der Waals surface area contributed by atoms with Crippen LogP contribution < -0.4 is 0 Å². The van der Waals surface area contributed by atoms with Gasteiger partial charge < -0.3 is 14.2 Å². The van der Waals surface area contributed by atoms with Gasteiger partial charge >= 0.3 is 6.47 Å². The molecule has 1 unspecified atom stereocenters. The average Bonchev–Trinajstić information content (AvgIpc) is 2.40. The molecule has 13 heavy (non-hydrogen) atoms. The number of rotatable bonds is 5. The molecule has 0 aromatic carbocycles. The molecule has 1 heterocycles. The predicted molar refractivity (Wildman–Crippen MR) is 45.8 cm³/mol. The van der Waals surface area contributed by atoms with Crippen LogP contribution >= 0.6 is 0 Å². The highest BCUT2D eigenvalue weighted by molar-refractivity contribution is 5.37. The smallest absolute Gasteiger partial charge is 0.417 e. The minimum Gasteiger partial charge on any atom is -0.457 e. The Kier molecular flexibility index (Phi) is 3.69. The maximum absolute atomic E-state index is 9.70. The van der Waals surface area contributed by atoms with Crippen LogP contribution in [0.3, 0.4) is 0 Å². The molecule has 4 nitrogen and oxygen atoms in total. The summed E-state index contributed by atoms with van der Waals surface area (Å²) in [6.07, 6.45) is 1.77. The zero-order valence-corrected chi connectivity index (χ0v) is 8.04. The zero-order chi connectivity index (χ0) is 9.73. The van der Waals surface area contributed by atoms with Gasteiger partial charge in [0.25, 0.3) is 0 Å². The van der Waals surface area contributed by atoms with E-state index in [9.17, 15) is 4.79 Å². The van der Waals surface area contributed by atoms with E-state index < -0.39 is 5.79 Å². The highest BCUT2D eigenvalue weighted by Crippen LogP contribution is 2.24. The summed E-state index contributed by atoms with van der Waals surface area (Å²) in [5, 5.41) is 0. The molecule has 0 aromatic heterocycles. The first-order valence-electron chi connectivity index (χ1n) is 4.45. The van der Waals surface area contributed by atoms with E-state index >= 15 is 0 Å². The first-order chi connectivity index (χ1) is 6.14. The van der Waals surface area contributed by atoms with Crippen LogP contribution in [0.5, 0.6) is 0 Å². The van der Waals surface area contributed by atoms with Crippen LogP contribution in [0.25, 0.3) is 0 Å². The molecule has 1 atom stereocenters. The summed E-state index contributed by atoms with van der Waals surface area (Å²) in [5.74, 6) is -0.456. The molecule has 4 heteroatoms. The SMILES string of the molecule is CC1(C)OCC(CCCO[C]=O)O1. The average molecular weight is 187 g/mol. The Morgan fingerprint density at radius 2 is 2.38 bits per heavy atom. The predicted octanol–water partition coefficient (Wildman–Crippen LogP) is 1.00. The first-order valence-corrected chi connectivity index (χ1v) is 4.45. The second-order valence-corrected chi connectivity index (χ2v) is 3.52. The minimum absolute atomic E-state index is 0.130. The highest BCUT2D eigenvalue weighted by Gasteiger charge is 2.31. The fourth-order valence-electron chi connectivity index (χ4n) is 1.33. The van der Waals surface area contributed by atoms with E-state index in [1.165, 1.54) is 6.47 Å². The number of carbonyl (C=O) groups excluding carboxylic acids is 1. The van der Waals surface area contributed by atoms with E-state index in [1.807, 2.05) is 13.8 Å². The van der Waals surface area contributed by atoms with Gasteiger partial charge in [0.1, 0.15) is 0 Å². The standard InChI is InChI=1S/C9H15O4/c1-9(2)12-6-8(13-9)4-3-5-11-7-10/h8H,3-6H2,1-2H3. The van der Waals surface area contributed by atoms with Crippen LogP contribution in [0.1, 0.15) is 26.7 Å². The number of hydrogen-bond donors (Lipinski definition) is 0. The van der Waals surface area contributed by atoms with Gasteiger partial charge in [-0.15, -0.1) is 0 Å². The van der Waals surface area contributed by atoms with Crippen molar-refractivity contribution in [3.63, 3.8) is 0 Å². The third-order valence-corrected chi connectivity index (χ3v) is 1.90. The normalized spacial score (nSPS) is 25.8. The van der Waals surface area contributed by atoms with Crippen LogP contribution in [-0.4, -0.2) is 31.6 Å². The van der Waals surface area contributed by atoms with Gasteiger partial charge in [0, 0.05) is 0 Å². The van der Waals surface area contributed by atoms with Crippen LogP contribution in [0, 0.1) is 0 Å². The van der Waals surface area contributed by atoms with E-state index in [-0.39, 0.29) is 6.10 Å². The molecule has 1 rings (SSSR count). The molecule has 1 radical (unpaired) electrons. The van der Waals surface area contributed by atoms with Crippen molar-refractivity contribution >= 4 is 6.47 Å². The van der Waals surface area contributed by atoms with Gasteiger partial charge in [-0.2, -0.15) is 0 Å². The van der Waals surface area contributed by atoms with Gasteiger partial charge in [0.15, 0.2) is 5.79 Å². The van der Waals surface area contributed by atoms with Crippen molar-refractivity contribution in [2.45, 2.75) is 38.6 Å². The molecule has 0 aromatic rings. The third kappa shape index (κ3) is 3.74. The lowest BCUT2D eigenvalue weighted by atomic mass is 10.2. The molecular weight excluding hydrogens is 172 g/mol. The Labute approximate surface area is 78.2 Å². The van der Waals surface area contributed by atoms with Gasteiger partial charge in [0.2, 0.25) is 0 Å². The van der Waals surface area contributed by atoms with Crippen molar-refractivity contribution in [1.29, 1.82) is 0 Å². The molecular formula is C9H15O4. The van der Waals surface area contributed by atoms with Gasteiger partial charge in [-0.25, -0.2) is 4.79 Å². The lowest BCUT2D eigenvalue weighted by molar-refractivity contribution is -0.139. The zero-order valence-electron chi connectivity index (χ0n) is 8.04. The summed E-state index contributed by atoms with van der Waals surface area (Å²) >= 11 is 0. The van der Waals surface area contributed by atoms with Crippen LogP contribution in [0.4, 0.5) is 0 Å². The fourth-order valence-corrected chi connectivity index (χ4v) is 1.33. The molecule has 0 amide bonds. The molecule has 0 aliphatic carbocycles. The Balaban J connectivity index is 2.07. The summed E-state index contributed by atoms with van der Waals surface area (Å²) in [6.45, 7) is 6.20. The summed E-state index contributed by atoms with van der Waals surface area (Å²) in [6, 6.07) is 0. The summed E-state index contributed by atoms with van der Waals surface area (Å²) in [4.78, 5) is 9.70. The molecule has 1 fully saturated rings. The Bertz CT molecular complexity index is 167. The largest absolute Gasteiger partial charge is 0.457 e. The van der Waals surface area contributed by atoms with E-state index in [0.29, 0.717) is 13.2 Å². The molecule has 0 N–H and O–H groups in total. The summed E-state index contributed by atoms with van der Waals surface area (Å²) < 4.78 is 15.4. The summed E-state index contributed by atoms with van der Waals surface area (Å²) in [7, 11) is 0. The van der Waals surface area contributed by atoms with Crippen LogP contribution in [0.2, 0.25) is 0 Å². The van der Waals surface area contributed by atoms with Crippen molar-refractivity contribution in [3.8, 4) is 0 Å². The van der Waals surface area contributed by atoms with E-state index in [4.69, 9.17) is 9.47 Å². The van der Waals surface area contributed by atoms with E-state index in [1.54, 1.807) is 0 Å². The monoisotopic (exact) mass is 187 g/mol. The maximum Gasteiger partial charge on any atom is 0.417 e. The lowest BCUT2D eigenvalue weighted by Crippen LogP contribution is -2.21. The van der Waals surface area contributed by atoms with Gasteiger partial charge in [-0.3, -0.25) is 0 Å². The lowest BCUT2D eigenvalue weighted by Gasteiger charge is -2.16. The molecule has 0 bridgehead atoms. The van der Waals surface area contributed by atoms with E-state index in [2.05, 4.69) is 4.74 Å². The number of hydrogen-bond acceptors (Lipinski definition) is 4. The molecule has 0 spiro atoms. The van der Waals surface area contributed by atoms with Crippen molar-refractivity contribution in [3.05, 3.63) is 0 Å². The highest BCUT2D eigenvalue weighted by atomic mass is 16.7. The molecule has 75 valence electrons. The Hall–Kier alpha value is -0.610. The maximum atomic E-state index is 9.70. The summed E-state index contributed by atoms with van der Waals surface area (Å²) in [5.41, 5.74) is 0. The van der Waals surface area contributed by atoms with Gasteiger partial charge in [-0.1, -0.05) is 0 Å². The second kappa shape index (κ2) is 4.58. The van der Waals surface area contributed by atoms with Gasteiger partial charge in [-0.05, 0) is 26.7 Å². The van der Waals surface area contributed by atoms with Crippen molar-refractivity contribution in [2.24, 2.45) is 0 Å². The van der Waals surface area contributed by atoms with Gasteiger partial charge in [0.05, 0.1) is 19.3 Å². The van der Waals surface area contributed by atoms with Crippen molar-refractivity contribution in [2.75, 3.05) is 13.2 Å². The van der Waals surface area contributed by atoms with Crippen molar-refractivity contribution < 1.29 is 19.0 Å². The molecule has 1 aliphatic heterocycles. The van der Waals surface area contributed by atoms with Crippen LogP contribution in [-0.2, 0) is 19.0 Å². The number of ether oxygens (including phenoxy) is 3. The first kappa shape index (κ1) is 10.5. The van der Waals surface area contributed by atoms with Crippen LogP contribution in [0.15, 0.2) is 0 Å².